The summed E-state index contributed by atoms with van der Waals surface area (Å²) < 4.78 is 29.6. The molecule has 0 saturated heterocycles. The molecule has 5 nitrogen and oxygen atoms in total. The van der Waals surface area contributed by atoms with Crippen LogP contribution in [0.2, 0.25) is 0 Å². The van der Waals surface area contributed by atoms with Crippen molar-refractivity contribution in [3.05, 3.63) is 40.2 Å². The van der Waals surface area contributed by atoms with Crippen molar-refractivity contribution in [1.82, 2.24) is 4.57 Å². The van der Waals surface area contributed by atoms with Gasteiger partial charge in [-0.05, 0) is 12.1 Å². The molecular weight excluding hydrogens is 266 g/mol. The van der Waals surface area contributed by atoms with Gasteiger partial charge in [-0.3, -0.25) is 4.79 Å². The lowest BCUT2D eigenvalue weighted by atomic mass is 10.1. The summed E-state index contributed by atoms with van der Waals surface area (Å²) in [5, 5.41) is 0.461. The summed E-state index contributed by atoms with van der Waals surface area (Å²) in [5.41, 5.74) is 0.662. The highest BCUT2D eigenvalue weighted by molar-refractivity contribution is 7.89. The topological polar surface area (TPSA) is 65.4 Å². The Balaban J connectivity index is 2.81. The second-order valence-corrected chi connectivity index (χ2v) is 6.66. The van der Waals surface area contributed by atoms with Crippen LogP contribution in [-0.4, -0.2) is 26.4 Å². The number of hydrogen-bond donors (Lipinski definition) is 0. The van der Waals surface area contributed by atoms with Crippen LogP contribution in [0.4, 0.5) is 0 Å². The highest BCUT2D eigenvalue weighted by atomic mass is 32.2. The van der Waals surface area contributed by atoms with Crippen molar-refractivity contribution in [2.24, 2.45) is 7.05 Å². The van der Waals surface area contributed by atoms with Crippen LogP contribution < -0.4 is 10.2 Å². The molecule has 1 aromatic carbocycles. The molecule has 0 amide bonds. The minimum absolute atomic E-state index is 0.257. The first-order chi connectivity index (χ1) is 8.83. The Bertz CT molecular complexity index is 790. The van der Waals surface area contributed by atoms with E-state index in [1.165, 1.54) is 7.11 Å². The van der Waals surface area contributed by atoms with Gasteiger partial charge in [-0.2, -0.15) is 0 Å². The van der Waals surface area contributed by atoms with Crippen LogP contribution in [0.15, 0.2) is 29.2 Å². The molecule has 0 aliphatic carbocycles. The number of pyridine rings is 1. The number of rotatable bonds is 3. The number of para-hydroxylation sites is 1. The van der Waals surface area contributed by atoms with E-state index in [1.807, 2.05) is 0 Å². The highest BCUT2D eigenvalue weighted by Crippen LogP contribution is 2.23. The van der Waals surface area contributed by atoms with E-state index in [-0.39, 0.29) is 16.7 Å². The Morgan fingerprint density at radius 3 is 2.58 bits per heavy atom. The molecule has 1 aromatic heterocycles. The second kappa shape index (κ2) is 4.70. The van der Waals surface area contributed by atoms with Crippen molar-refractivity contribution in [2.45, 2.75) is 5.75 Å². The zero-order valence-corrected chi connectivity index (χ0v) is 11.8. The monoisotopic (exact) mass is 281 g/mol. The van der Waals surface area contributed by atoms with Crippen molar-refractivity contribution in [1.29, 1.82) is 0 Å². The van der Waals surface area contributed by atoms with Crippen LogP contribution >= 0.6 is 0 Å². The first-order valence-corrected chi connectivity index (χ1v) is 7.72. The molecule has 0 spiro atoms. The quantitative estimate of drug-likeness (QED) is 0.845. The Morgan fingerprint density at radius 1 is 1.32 bits per heavy atom. The van der Waals surface area contributed by atoms with Gasteiger partial charge in [0, 0.05) is 30.4 Å². The maximum Gasteiger partial charge on any atom is 0.193 e. The van der Waals surface area contributed by atoms with Gasteiger partial charge in [0.15, 0.2) is 15.3 Å². The van der Waals surface area contributed by atoms with Crippen molar-refractivity contribution >= 4 is 20.7 Å². The number of sulfone groups is 1. The van der Waals surface area contributed by atoms with Gasteiger partial charge in [0.2, 0.25) is 0 Å². The SMILES string of the molecule is COc1cccc2c(=O)c(CS(C)(=O)=O)cn(C)c12. The van der Waals surface area contributed by atoms with E-state index in [0.29, 0.717) is 16.7 Å². The molecular formula is C13H15NO4S. The van der Waals surface area contributed by atoms with Crippen molar-refractivity contribution < 1.29 is 13.2 Å². The zero-order chi connectivity index (χ0) is 14.2. The van der Waals surface area contributed by atoms with Crippen LogP contribution in [0.3, 0.4) is 0 Å². The third-order valence-electron chi connectivity index (χ3n) is 2.88. The zero-order valence-electron chi connectivity index (χ0n) is 11.0. The molecule has 0 radical (unpaired) electrons. The lowest BCUT2D eigenvalue weighted by Crippen LogP contribution is -2.17. The van der Waals surface area contributed by atoms with Gasteiger partial charge in [0.05, 0.1) is 18.4 Å². The van der Waals surface area contributed by atoms with Gasteiger partial charge in [-0.15, -0.1) is 0 Å². The molecule has 0 N–H and O–H groups in total. The number of methoxy groups -OCH3 is 1. The highest BCUT2D eigenvalue weighted by Gasteiger charge is 2.14. The Kier molecular flexibility index (Phi) is 3.36. The molecule has 6 heteroatoms. The van der Waals surface area contributed by atoms with Gasteiger partial charge in [0.25, 0.3) is 0 Å². The number of hydrogen-bond acceptors (Lipinski definition) is 4. The fourth-order valence-electron chi connectivity index (χ4n) is 2.15. The maximum absolute atomic E-state index is 12.3. The number of nitrogens with zero attached hydrogens (tertiary/aromatic N) is 1. The predicted octanol–water partition coefficient (Wildman–Crippen LogP) is 1.09. The van der Waals surface area contributed by atoms with E-state index in [2.05, 4.69) is 0 Å². The molecule has 2 aromatic rings. The summed E-state index contributed by atoms with van der Waals surface area (Å²) in [5.74, 6) is 0.329. The average molecular weight is 281 g/mol. The normalized spacial score (nSPS) is 11.7. The number of aryl methyl sites for hydroxylation is 1. The van der Waals surface area contributed by atoms with Crippen LogP contribution in [0, 0.1) is 0 Å². The van der Waals surface area contributed by atoms with E-state index >= 15 is 0 Å². The largest absolute Gasteiger partial charge is 0.495 e. The smallest absolute Gasteiger partial charge is 0.193 e. The minimum atomic E-state index is -3.25. The molecule has 0 atom stereocenters. The van der Waals surface area contributed by atoms with E-state index in [4.69, 9.17) is 4.74 Å². The fraction of sp³-hybridized carbons (Fsp3) is 0.308. The van der Waals surface area contributed by atoms with E-state index < -0.39 is 9.84 Å². The number of ether oxygens (including phenoxy) is 1. The summed E-state index contributed by atoms with van der Waals surface area (Å²) in [6.07, 6.45) is 2.66. The van der Waals surface area contributed by atoms with Crippen LogP contribution in [0.1, 0.15) is 5.56 Å². The first kappa shape index (κ1) is 13.6. The first-order valence-electron chi connectivity index (χ1n) is 5.66. The fourth-order valence-corrected chi connectivity index (χ4v) is 2.92. The number of fused-ring (bicyclic) bond motifs is 1. The van der Waals surface area contributed by atoms with Gasteiger partial charge in [-0.25, -0.2) is 8.42 Å². The molecule has 0 unspecified atom stereocenters. The Morgan fingerprint density at radius 2 is 2.00 bits per heavy atom. The standard InChI is InChI=1S/C13H15NO4S/c1-14-7-9(8-19(3,16)17)13(15)10-5-4-6-11(18-2)12(10)14/h4-7H,8H2,1-3H3. The molecule has 0 aliphatic rings. The Hall–Kier alpha value is -1.82. The molecule has 0 aliphatic heterocycles. The lowest BCUT2D eigenvalue weighted by molar-refractivity contribution is 0.417. The third kappa shape index (κ3) is 2.63. The number of aromatic nitrogens is 1. The molecule has 19 heavy (non-hydrogen) atoms. The molecule has 0 saturated carbocycles. The summed E-state index contributed by atoms with van der Waals surface area (Å²) in [6.45, 7) is 0. The average Bonchev–Trinajstić information content (AvgIpc) is 2.33. The maximum atomic E-state index is 12.3. The summed E-state index contributed by atoms with van der Waals surface area (Å²) in [7, 11) is 0.0461. The Labute approximate surface area is 111 Å². The second-order valence-electron chi connectivity index (χ2n) is 4.52. The van der Waals surface area contributed by atoms with Crippen molar-refractivity contribution in [3.63, 3.8) is 0 Å². The third-order valence-corrected chi connectivity index (χ3v) is 3.71. The van der Waals surface area contributed by atoms with Gasteiger partial charge < -0.3 is 9.30 Å². The van der Waals surface area contributed by atoms with E-state index in [0.717, 1.165) is 6.26 Å². The summed E-state index contributed by atoms with van der Waals surface area (Å²) in [6, 6.07) is 5.15. The lowest BCUT2D eigenvalue weighted by Gasteiger charge is -2.11. The van der Waals surface area contributed by atoms with Gasteiger partial charge in [0.1, 0.15) is 5.75 Å². The minimum Gasteiger partial charge on any atom is -0.495 e. The molecule has 2 rings (SSSR count). The van der Waals surface area contributed by atoms with Gasteiger partial charge >= 0.3 is 0 Å². The number of benzene rings is 1. The van der Waals surface area contributed by atoms with Crippen molar-refractivity contribution in [2.75, 3.05) is 13.4 Å². The summed E-state index contributed by atoms with van der Waals surface area (Å²) >= 11 is 0. The molecule has 0 fully saturated rings. The van der Waals surface area contributed by atoms with Crippen LogP contribution in [0.5, 0.6) is 5.75 Å². The van der Waals surface area contributed by atoms with Crippen molar-refractivity contribution in [3.8, 4) is 5.75 Å². The van der Waals surface area contributed by atoms with Crippen LogP contribution in [0.25, 0.3) is 10.9 Å². The molecule has 0 bridgehead atoms. The van der Waals surface area contributed by atoms with E-state index in [9.17, 15) is 13.2 Å². The van der Waals surface area contributed by atoms with E-state index in [1.54, 1.807) is 36.0 Å². The summed E-state index contributed by atoms with van der Waals surface area (Å²) in [4.78, 5) is 12.3. The van der Waals surface area contributed by atoms with Gasteiger partial charge in [-0.1, -0.05) is 6.07 Å². The predicted molar refractivity (Wildman–Crippen MR) is 74.3 cm³/mol. The molecule has 102 valence electrons. The molecule has 1 heterocycles. The van der Waals surface area contributed by atoms with Crippen LogP contribution in [-0.2, 0) is 22.6 Å².